The van der Waals surface area contributed by atoms with Crippen molar-refractivity contribution in [2.75, 3.05) is 12.3 Å². The normalized spacial score (nSPS) is 10.2. The van der Waals surface area contributed by atoms with Gasteiger partial charge >= 0.3 is 0 Å². The summed E-state index contributed by atoms with van der Waals surface area (Å²) in [4.78, 5) is 11.9. The standard InChI is InChI=1S/C15H17N2O2/c1-17-9-2-3-12(11-17)15(18)8-10-19-14-6-4-13(16)5-7-14/h2-7,9,11H,8,10,16H2,1H3/q+1. The van der Waals surface area contributed by atoms with Crippen molar-refractivity contribution in [3.8, 4) is 5.75 Å². The molecule has 2 aromatic rings. The van der Waals surface area contributed by atoms with Gasteiger partial charge in [-0.25, -0.2) is 4.57 Å². The first-order valence-corrected chi connectivity index (χ1v) is 6.12. The first-order chi connectivity index (χ1) is 9.15. The molecule has 0 aliphatic rings. The lowest BCUT2D eigenvalue weighted by Crippen LogP contribution is -2.27. The second-order valence-electron chi connectivity index (χ2n) is 4.35. The van der Waals surface area contributed by atoms with Crippen LogP contribution >= 0.6 is 0 Å². The van der Waals surface area contributed by atoms with E-state index in [0.29, 0.717) is 24.3 Å². The third-order valence-corrected chi connectivity index (χ3v) is 2.74. The van der Waals surface area contributed by atoms with Gasteiger partial charge < -0.3 is 10.5 Å². The quantitative estimate of drug-likeness (QED) is 0.504. The average molecular weight is 257 g/mol. The number of hydrogen-bond donors (Lipinski definition) is 1. The van der Waals surface area contributed by atoms with Crippen molar-refractivity contribution in [1.82, 2.24) is 0 Å². The second-order valence-corrected chi connectivity index (χ2v) is 4.35. The monoisotopic (exact) mass is 257 g/mol. The Hall–Kier alpha value is -2.36. The summed E-state index contributed by atoms with van der Waals surface area (Å²) in [5, 5.41) is 0. The smallest absolute Gasteiger partial charge is 0.179 e. The average Bonchev–Trinajstić information content (AvgIpc) is 2.41. The number of hydrogen-bond acceptors (Lipinski definition) is 3. The maximum Gasteiger partial charge on any atom is 0.179 e. The second kappa shape index (κ2) is 6.00. The third kappa shape index (κ3) is 3.81. The molecule has 4 heteroatoms. The number of carbonyl (C=O) groups is 1. The van der Waals surface area contributed by atoms with E-state index < -0.39 is 0 Å². The van der Waals surface area contributed by atoms with E-state index in [2.05, 4.69) is 0 Å². The van der Waals surface area contributed by atoms with Gasteiger partial charge in [0.15, 0.2) is 18.2 Å². The molecular formula is C15H17N2O2+. The number of aromatic nitrogens is 1. The Morgan fingerprint density at radius 3 is 2.68 bits per heavy atom. The highest BCUT2D eigenvalue weighted by molar-refractivity contribution is 5.95. The summed E-state index contributed by atoms with van der Waals surface area (Å²) in [5.74, 6) is 0.798. The van der Waals surface area contributed by atoms with Crippen molar-refractivity contribution < 1.29 is 14.1 Å². The highest BCUT2D eigenvalue weighted by Gasteiger charge is 2.09. The van der Waals surface area contributed by atoms with Gasteiger partial charge in [-0.15, -0.1) is 0 Å². The minimum Gasteiger partial charge on any atom is -0.493 e. The van der Waals surface area contributed by atoms with Crippen molar-refractivity contribution in [3.05, 3.63) is 54.4 Å². The number of aryl methyl sites for hydroxylation is 1. The summed E-state index contributed by atoms with van der Waals surface area (Å²) < 4.78 is 7.36. The molecule has 0 bridgehead atoms. The van der Waals surface area contributed by atoms with E-state index >= 15 is 0 Å². The van der Waals surface area contributed by atoms with Crippen LogP contribution in [-0.4, -0.2) is 12.4 Å². The fraction of sp³-hybridized carbons (Fsp3) is 0.200. The molecule has 0 atom stereocenters. The van der Waals surface area contributed by atoms with E-state index in [1.165, 1.54) is 0 Å². The Bertz CT molecular complexity index is 565. The first-order valence-electron chi connectivity index (χ1n) is 6.12. The van der Waals surface area contributed by atoms with Gasteiger partial charge in [0.2, 0.25) is 0 Å². The van der Waals surface area contributed by atoms with Gasteiger partial charge in [0.25, 0.3) is 0 Å². The minimum atomic E-state index is 0.0756. The number of anilines is 1. The van der Waals surface area contributed by atoms with Crippen LogP contribution in [-0.2, 0) is 7.05 Å². The number of carbonyl (C=O) groups excluding carboxylic acids is 1. The fourth-order valence-electron chi connectivity index (χ4n) is 1.72. The van der Waals surface area contributed by atoms with Crippen LogP contribution in [0.4, 0.5) is 5.69 Å². The zero-order valence-corrected chi connectivity index (χ0v) is 10.9. The van der Waals surface area contributed by atoms with Gasteiger partial charge in [-0.05, 0) is 30.3 Å². The molecule has 0 aliphatic carbocycles. The van der Waals surface area contributed by atoms with Crippen LogP contribution in [0.3, 0.4) is 0 Å². The summed E-state index contributed by atoms with van der Waals surface area (Å²) in [6.45, 7) is 0.362. The van der Waals surface area contributed by atoms with Crippen LogP contribution in [0.25, 0.3) is 0 Å². The molecule has 0 saturated heterocycles. The Balaban J connectivity index is 1.86. The molecule has 2 N–H and O–H groups in total. The summed E-state index contributed by atoms with van der Waals surface area (Å²) in [6, 6.07) is 10.8. The van der Waals surface area contributed by atoms with Crippen molar-refractivity contribution in [1.29, 1.82) is 0 Å². The number of ether oxygens (including phenoxy) is 1. The predicted octanol–water partition coefficient (Wildman–Crippen LogP) is 1.75. The topological polar surface area (TPSA) is 56.2 Å². The Labute approximate surface area is 112 Å². The van der Waals surface area contributed by atoms with Gasteiger partial charge in [-0.3, -0.25) is 4.79 Å². The molecule has 98 valence electrons. The van der Waals surface area contributed by atoms with Crippen LogP contribution in [0, 0.1) is 0 Å². The number of rotatable bonds is 5. The Morgan fingerprint density at radius 2 is 2.00 bits per heavy atom. The largest absolute Gasteiger partial charge is 0.493 e. The molecule has 0 aliphatic heterocycles. The number of nitrogens with two attached hydrogens (primary N) is 1. The van der Waals surface area contributed by atoms with Gasteiger partial charge in [-0.1, -0.05) is 0 Å². The lowest BCUT2D eigenvalue weighted by Gasteiger charge is -2.05. The van der Waals surface area contributed by atoms with E-state index in [4.69, 9.17) is 10.5 Å². The highest BCUT2D eigenvalue weighted by Crippen LogP contribution is 2.13. The molecule has 1 aromatic carbocycles. The highest BCUT2D eigenvalue weighted by atomic mass is 16.5. The Kier molecular flexibility index (Phi) is 4.13. The van der Waals surface area contributed by atoms with Crippen molar-refractivity contribution >= 4 is 11.5 Å². The molecule has 0 fully saturated rings. The van der Waals surface area contributed by atoms with E-state index in [0.717, 1.165) is 5.75 Å². The van der Waals surface area contributed by atoms with Crippen LogP contribution in [0.15, 0.2) is 48.8 Å². The third-order valence-electron chi connectivity index (χ3n) is 2.74. The van der Waals surface area contributed by atoms with Crippen molar-refractivity contribution in [2.24, 2.45) is 7.05 Å². The predicted molar refractivity (Wildman–Crippen MR) is 72.9 cm³/mol. The SMILES string of the molecule is C[n+]1cccc(C(=O)CCOc2ccc(N)cc2)c1. The minimum absolute atomic E-state index is 0.0756. The first kappa shape index (κ1) is 13.1. The number of nitrogen functional groups attached to an aromatic ring is 1. The van der Waals surface area contributed by atoms with Crippen LogP contribution in [0.2, 0.25) is 0 Å². The molecule has 4 nitrogen and oxygen atoms in total. The number of benzene rings is 1. The van der Waals surface area contributed by atoms with Gasteiger partial charge in [-0.2, -0.15) is 0 Å². The zero-order valence-electron chi connectivity index (χ0n) is 10.9. The van der Waals surface area contributed by atoms with E-state index in [1.54, 1.807) is 24.3 Å². The van der Waals surface area contributed by atoms with Crippen LogP contribution in [0.5, 0.6) is 5.75 Å². The Morgan fingerprint density at radius 1 is 1.26 bits per heavy atom. The molecule has 2 rings (SSSR count). The zero-order chi connectivity index (χ0) is 13.7. The molecule has 0 saturated carbocycles. The molecule has 1 aromatic heterocycles. The molecule has 1 heterocycles. The molecule has 19 heavy (non-hydrogen) atoms. The maximum atomic E-state index is 11.9. The lowest BCUT2D eigenvalue weighted by atomic mass is 10.1. The number of Topliss-reactive ketones (excluding diaryl/α,β-unsaturated/α-hetero) is 1. The fourth-order valence-corrected chi connectivity index (χ4v) is 1.72. The van der Waals surface area contributed by atoms with Gasteiger partial charge in [0.1, 0.15) is 12.8 Å². The summed E-state index contributed by atoms with van der Waals surface area (Å²) >= 11 is 0. The molecular weight excluding hydrogens is 240 g/mol. The molecule has 0 spiro atoms. The van der Waals surface area contributed by atoms with E-state index in [9.17, 15) is 4.79 Å². The summed E-state index contributed by atoms with van der Waals surface area (Å²) in [5.41, 5.74) is 6.98. The number of ketones is 1. The van der Waals surface area contributed by atoms with Crippen molar-refractivity contribution in [3.63, 3.8) is 0 Å². The van der Waals surface area contributed by atoms with Crippen LogP contribution in [0.1, 0.15) is 16.8 Å². The van der Waals surface area contributed by atoms with E-state index in [-0.39, 0.29) is 5.78 Å². The molecule has 0 unspecified atom stereocenters. The molecule has 0 amide bonds. The summed E-state index contributed by atoms with van der Waals surface area (Å²) in [6.07, 6.45) is 4.06. The lowest BCUT2D eigenvalue weighted by molar-refractivity contribution is -0.671. The van der Waals surface area contributed by atoms with E-state index in [1.807, 2.05) is 36.1 Å². The van der Waals surface area contributed by atoms with Crippen molar-refractivity contribution in [2.45, 2.75) is 6.42 Å². The van der Waals surface area contributed by atoms with Gasteiger partial charge in [0.05, 0.1) is 12.2 Å². The van der Waals surface area contributed by atoms with Gasteiger partial charge in [0, 0.05) is 18.2 Å². The summed E-state index contributed by atoms with van der Waals surface area (Å²) in [7, 11) is 1.89. The maximum absolute atomic E-state index is 11.9. The molecule has 0 radical (unpaired) electrons. The van der Waals surface area contributed by atoms with Crippen LogP contribution < -0.4 is 15.0 Å². The number of pyridine rings is 1. The number of nitrogens with zero attached hydrogens (tertiary/aromatic N) is 1.